The van der Waals surface area contributed by atoms with Crippen molar-refractivity contribution in [1.29, 1.82) is 0 Å². The number of aromatic nitrogens is 4. The molecular weight excluding hydrogens is 433 g/mol. The van der Waals surface area contributed by atoms with Crippen LogP contribution in [0.15, 0.2) is 77.6 Å². The van der Waals surface area contributed by atoms with Crippen molar-refractivity contribution in [2.24, 2.45) is 0 Å². The van der Waals surface area contributed by atoms with Crippen LogP contribution in [0.25, 0.3) is 44.9 Å². The first-order valence-electron chi connectivity index (χ1n) is 10.1. The smallest absolute Gasteiger partial charge is 0.345 e. The lowest BCUT2D eigenvalue weighted by Crippen LogP contribution is -2.09. The Labute approximate surface area is 186 Å². The van der Waals surface area contributed by atoms with Gasteiger partial charge >= 0.3 is 6.61 Å². The summed E-state index contributed by atoms with van der Waals surface area (Å²) >= 11 is 0. The second kappa shape index (κ2) is 8.87. The lowest BCUT2D eigenvalue weighted by Gasteiger charge is -2.03. The second-order valence-corrected chi connectivity index (χ2v) is 7.21. The molecule has 9 heteroatoms. The summed E-state index contributed by atoms with van der Waals surface area (Å²) in [6, 6.07) is 17.3. The Bertz CT molecular complexity index is 1380. The van der Waals surface area contributed by atoms with Crippen molar-refractivity contribution in [1.82, 2.24) is 19.7 Å². The van der Waals surface area contributed by atoms with Crippen molar-refractivity contribution in [3.8, 4) is 33.8 Å². The van der Waals surface area contributed by atoms with Gasteiger partial charge in [0.1, 0.15) is 23.6 Å². The molecule has 0 bridgehead atoms. The van der Waals surface area contributed by atoms with Crippen molar-refractivity contribution in [2.75, 3.05) is 6.61 Å². The minimum Gasteiger partial charge on any atom is -0.438 e. The van der Waals surface area contributed by atoms with Crippen molar-refractivity contribution in [2.45, 2.75) is 13.2 Å². The van der Waals surface area contributed by atoms with E-state index < -0.39 is 6.61 Å². The van der Waals surface area contributed by atoms with Crippen LogP contribution in [0.5, 0.6) is 0 Å². The first kappa shape index (κ1) is 20.9. The van der Waals surface area contributed by atoms with Gasteiger partial charge in [0, 0.05) is 22.9 Å². The van der Waals surface area contributed by atoms with Crippen molar-refractivity contribution in [3.05, 3.63) is 79.0 Å². The summed E-state index contributed by atoms with van der Waals surface area (Å²) < 4.78 is 50.1. The van der Waals surface area contributed by atoms with E-state index in [2.05, 4.69) is 19.8 Å². The highest BCUT2D eigenvalue weighted by Gasteiger charge is 2.20. The second-order valence-electron chi connectivity index (χ2n) is 7.21. The van der Waals surface area contributed by atoms with Crippen LogP contribution in [0.1, 0.15) is 0 Å². The number of hydrogen-bond donors (Lipinski definition) is 0. The van der Waals surface area contributed by atoms with Gasteiger partial charge in [-0.05, 0) is 30.3 Å². The first-order chi connectivity index (χ1) is 16.1. The quantitative estimate of drug-likeness (QED) is 0.314. The van der Waals surface area contributed by atoms with E-state index in [0.717, 1.165) is 5.56 Å². The van der Waals surface area contributed by atoms with E-state index in [-0.39, 0.29) is 19.0 Å². The predicted octanol–water partition coefficient (Wildman–Crippen LogP) is 5.80. The van der Waals surface area contributed by atoms with Gasteiger partial charge < -0.3 is 9.15 Å². The molecule has 0 aliphatic carbocycles. The number of rotatable bonds is 7. The molecule has 0 fully saturated rings. The number of fused-ring (bicyclic) bond motifs is 1. The molecule has 3 aromatic heterocycles. The third kappa shape index (κ3) is 4.35. The fourth-order valence-corrected chi connectivity index (χ4v) is 3.58. The number of benzene rings is 2. The summed E-state index contributed by atoms with van der Waals surface area (Å²) in [4.78, 5) is 8.71. The van der Waals surface area contributed by atoms with Gasteiger partial charge in [0.2, 0.25) is 5.71 Å². The Balaban J connectivity index is 1.62. The maximum atomic E-state index is 13.5. The van der Waals surface area contributed by atoms with Crippen LogP contribution in [0.2, 0.25) is 0 Å². The maximum absolute atomic E-state index is 13.5. The zero-order valence-electron chi connectivity index (χ0n) is 17.2. The number of nitrogens with zero attached hydrogens (tertiary/aromatic N) is 4. The predicted molar refractivity (Wildman–Crippen MR) is 116 cm³/mol. The molecule has 2 aromatic carbocycles. The molecule has 0 spiro atoms. The minimum atomic E-state index is -2.86. The lowest BCUT2D eigenvalue weighted by molar-refractivity contribution is -0.130. The number of halogens is 3. The van der Waals surface area contributed by atoms with Gasteiger partial charge in [-0.1, -0.05) is 30.3 Å². The fraction of sp³-hybridized carbons (Fsp3) is 0.125. The lowest BCUT2D eigenvalue weighted by atomic mass is 10.0. The van der Waals surface area contributed by atoms with Gasteiger partial charge in [0.05, 0.1) is 24.2 Å². The summed E-state index contributed by atoms with van der Waals surface area (Å²) in [6.45, 7) is -2.97. The zero-order valence-corrected chi connectivity index (χ0v) is 17.2. The van der Waals surface area contributed by atoms with Crippen molar-refractivity contribution < 1.29 is 22.3 Å². The molecule has 0 unspecified atom stereocenters. The third-order valence-corrected chi connectivity index (χ3v) is 5.09. The first-order valence-corrected chi connectivity index (χ1v) is 10.1. The van der Waals surface area contributed by atoms with Gasteiger partial charge in [-0.25, -0.2) is 14.4 Å². The van der Waals surface area contributed by atoms with Crippen LogP contribution >= 0.6 is 0 Å². The molecule has 0 aliphatic rings. The number of ether oxygens (including phenoxy) is 1. The summed E-state index contributed by atoms with van der Waals surface area (Å²) in [5.74, 6) is 0.255. The molecule has 0 radical (unpaired) electrons. The maximum Gasteiger partial charge on any atom is 0.345 e. The molecule has 33 heavy (non-hydrogen) atoms. The van der Waals surface area contributed by atoms with Crippen LogP contribution in [0, 0.1) is 5.82 Å². The van der Waals surface area contributed by atoms with Crippen LogP contribution in [-0.2, 0) is 11.3 Å². The van der Waals surface area contributed by atoms with Gasteiger partial charge in [-0.15, -0.1) is 0 Å². The molecule has 0 aliphatic heterocycles. The highest BCUT2D eigenvalue weighted by molar-refractivity contribution is 5.95. The van der Waals surface area contributed by atoms with Crippen LogP contribution in [-0.4, -0.2) is 33.0 Å². The molecule has 166 valence electrons. The minimum absolute atomic E-state index is 0.105. The van der Waals surface area contributed by atoms with Crippen molar-refractivity contribution >= 4 is 11.1 Å². The van der Waals surface area contributed by atoms with E-state index in [0.29, 0.717) is 39.4 Å². The largest absolute Gasteiger partial charge is 0.438 e. The Morgan fingerprint density at radius 1 is 0.939 bits per heavy atom. The summed E-state index contributed by atoms with van der Waals surface area (Å²) in [6.07, 6.45) is 3.09. The molecule has 0 atom stereocenters. The number of hydrogen-bond acceptors (Lipinski definition) is 5. The van der Waals surface area contributed by atoms with Crippen molar-refractivity contribution in [3.63, 3.8) is 0 Å². The molecule has 6 nitrogen and oxygen atoms in total. The van der Waals surface area contributed by atoms with E-state index >= 15 is 0 Å². The van der Waals surface area contributed by atoms with Gasteiger partial charge in [0.25, 0.3) is 0 Å². The summed E-state index contributed by atoms with van der Waals surface area (Å²) in [7, 11) is 0. The van der Waals surface area contributed by atoms with Gasteiger partial charge in [-0.2, -0.15) is 13.9 Å². The summed E-state index contributed by atoms with van der Waals surface area (Å²) in [5, 5.41) is 5.20. The molecular formula is C24H17F3N4O2. The molecule has 3 heterocycles. The molecule has 0 saturated carbocycles. The Morgan fingerprint density at radius 3 is 2.48 bits per heavy atom. The van der Waals surface area contributed by atoms with E-state index in [4.69, 9.17) is 4.42 Å². The van der Waals surface area contributed by atoms with Gasteiger partial charge in [0.15, 0.2) is 0 Å². The van der Waals surface area contributed by atoms with Crippen LogP contribution in [0.4, 0.5) is 13.2 Å². The Kier molecular flexibility index (Phi) is 5.62. The van der Waals surface area contributed by atoms with Crippen LogP contribution in [0.3, 0.4) is 0 Å². The fourth-order valence-electron chi connectivity index (χ4n) is 3.58. The van der Waals surface area contributed by atoms with E-state index in [1.165, 1.54) is 23.1 Å². The summed E-state index contributed by atoms with van der Waals surface area (Å²) in [5.41, 5.74) is 3.66. The zero-order chi connectivity index (χ0) is 22.8. The average molecular weight is 450 g/mol. The van der Waals surface area contributed by atoms with E-state index in [9.17, 15) is 13.2 Å². The monoisotopic (exact) mass is 450 g/mol. The molecule has 0 saturated heterocycles. The van der Waals surface area contributed by atoms with Crippen LogP contribution < -0.4 is 0 Å². The molecule has 0 amide bonds. The molecule has 5 rings (SSSR count). The highest BCUT2D eigenvalue weighted by atomic mass is 19.3. The topological polar surface area (TPSA) is 66.0 Å². The average Bonchev–Trinajstić information content (AvgIpc) is 3.44. The molecule has 5 aromatic rings. The molecule has 0 N–H and O–H groups in total. The highest BCUT2D eigenvalue weighted by Crippen LogP contribution is 2.36. The number of alkyl halides is 2. The van der Waals surface area contributed by atoms with Gasteiger partial charge in [-0.3, -0.25) is 4.68 Å². The van der Waals surface area contributed by atoms with E-state index in [1.807, 2.05) is 36.4 Å². The Morgan fingerprint density at radius 2 is 1.73 bits per heavy atom. The Hall–Kier alpha value is -3.98. The normalized spacial score (nSPS) is 11.5. The number of furan rings is 1. The standard InChI is InChI=1S/C24H17F3N4O2/c25-17-8-6-16(7-9-17)21-19(13-31(30-21)10-11-32-24(26)27)22-18-12-20(15-4-2-1-3-5-15)33-23(18)29-14-28-22/h1-9,12-14,24H,10-11H2. The SMILES string of the molecule is Fc1ccc(-c2nn(CCOC(F)F)cc2-c2ncnc3oc(-c4ccccc4)cc23)cc1. The van der Waals surface area contributed by atoms with E-state index in [1.54, 1.807) is 18.3 Å². The third-order valence-electron chi connectivity index (χ3n) is 5.09.